The second-order valence-corrected chi connectivity index (χ2v) is 28.3. The number of imidazole rings is 1. The van der Waals surface area contributed by atoms with Gasteiger partial charge in [-0.1, -0.05) is 40.7 Å². The van der Waals surface area contributed by atoms with Gasteiger partial charge in [0.05, 0.1) is 41.3 Å². The molecule has 0 saturated carbocycles. The van der Waals surface area contributed by atoms with E-state index >= 15 is 0 Å². The molecule has 8 bridgehead atoms. The molecule has 92 heavy (non-hydrogen) atoms. The van der Waals surface area contributed by atoms with E-state index in [9.17, 15) is 53.2 Å². The number of benzene rings is 1. The molecule has 0 aliphatic carbocycles. The number of ether oxygens (including phenoxy) is 1. The maximum Gasteiger partial charge on any atom is 3.00 e. The van der Waals surface area contributed by atoms with Gasteiger partial charge in [0.25, 0.3) is 7.82 Å². The Morgan fingerprint density at radius 2 is 1.38 bits per heavy atom. The number of carbonyl (C=O) groups is 7. The number of fused-ring (bicyclic) bond motifs is 7. The van der Waals surface area contributed by atoms with Gasteiger partial charge < -0.3 is 84.0 Å². The summed E-state index contributed by atoms with van der Waals surface area (Å²) in [6.07, 6.45) is -4.79. The van der Waals surface area contributed by atoms with Gasteiger partial charge in [0, 0.05) is 108 Å². The molecule has 6 aliphatic rings. The Bertz CT molecular complexity index is 3550. The molecule has 8 rings (SSSR count). The van der Waals surface area contributed by atoms with Crippen molar-refractivity contribution in [1.82, 2.24) is 14.9 Å². The van der Waals surface area contributed by atoms with E-state index in [0.717, 1.165) is 11.1 Å². The third-order valence-electron chi connectivity index (χ3n) is 20.5. The molecule has 17 N–H and O–H groups in total. The van der Waals surface area contributed by atoms with Gasteiger partial charge in [-0.05, 0) is 119 Å². The van der Waals surface area contributed by atoms with Crippen molar-refractivity contribution < 1.29 is 89.3 Å². The fourth-order valence-corrected chi connectivity index (χ4v) is 16.4. The summed E-state index contributed by atoms with van der Waals surface area (Å²) in [6.45, 7) is 19.0. The van der Waals surface area contributed by atoms with Crippen molar-refractivity contribution in [3.05, 3.63) is 69.2 Å². The first-order valence-corrected chi connectivity index (χ1v) is 32.0. The number of aromatic nitrogens is 2. The predicted octanol–water partition coefficient (Wildman–Crippen LogP) is 2.49. The molecule has 7 heterocycles. The van der Waals surface area contributed by atoms with Crippen molar-refractivity contribution in [2.24, 2.45) is 94.7 Å². The summed E-state index contributed by atoms with van der Waals surface area (Å²) < 4.78 is 31.9. The minimum Gasteiger partial charge on any atom is -0.756 e. The van der Waals surface area contributed by atoms with Crippen LogP contribution in [0.15, 0.2) is 67.8 Å². The normalized spacial score (nSPS) is 33.5. The number of aliphatic imine (C=N–C) groups is 3. The fraction of sp³-hybridized carbons (Fsp3) is 0.629. The van der Waals surface area contributed by atoms with Crippen LogP contribution < -0.4 is 44.6 Å². The number of aliphatic hydroxyl groups is 2. The van der Waals surface area contributed by atoms with Gasteiger partial charge in [0.1, 0.15) is 18.3 Å². The number of hydrogen-bond acceptors (Lipinski definition) is 18. The second kappa shape index (κ2) is 27.8. The average Bonchev–Trinajstić information content (AvgIpc) is 1.53. The Hall–Kier alpha value is -6.53. The monoisotopic (exact) mass is 1350 g/mol. The molecule has 28 nitrogen and oxygen atoms in total. The fourth-order valence-electron chi connectivity index (χ4n) is 15.3. The summed E-state index contributed by atoms with van der Waals surface area (Å²) in [5, 5.41) is 30.1. The molecule has 2 fully saturated rings. The van der Waals surface area contributed by atoms with Crippen molar-refractivity contribution in [3.63, 3.8) is 0 Å². The first-order valence-electron chi connectivity index (χ1n) is 30.5. The maximum atomic E-state index is 14.4. The third kappa shape index (κ3) is 14.1. The Morgan fingerprint density at radius 1 is 0.793 bits per heavy atom. The van der Waals surface area contributed by atoms with Crippen LogP contribution in [0.1, 0.15) is 150 Å². The zero-order valence-corrected chi connectivity index (χ0v) is 55.9. The van der Waals surface area contributed by atoms with Crippen molar-refractivity contribution >= 4 is 77.3 Å². The van der Waals surface area contributed by atoms with E-state index in [0.29, 0.717) is 56.4 Å². The van der Waals surface area contributed by atoms with Crippen LogP contribution >= 0.6 is 7.82 Å². The Labute approximate surface area is 545 Å². The van der Waals surface area contributed by atoms with Crippen molar-refractivity contribution in [2.75, 3.05) is 13.2 Å². The number of phosphoric ester groups is 1. The number of rotatable bonds is 26. The van der Waals surface area contributed by atoms with Crippen LogP contribution in [0.2, 0.25) is 0 Å². The number of carbonyl (C=O) groups excluding carboxylic acids is 7. The molecule has 2 aromatic rings. The van der Waals surface area contributed by atoms with Crippen LogP contribution in [0.5, 0.6) is 0 Å². The van der Waals surface area contributed by atoms with Gasteiger partial charge in [0.2, 0.25) is 41.4 Å². The molecule has 30 heteroatoms. The number of hydrogen-bond donors (Lipinski definition) is 9. The first kappa shape index (κ1) is 74.5. The van der Waals surface area contributed by atoms with Crippen LogP contribution in [-0.4, -0.2) is 133 Å². The third-order valence-corrected chi connectivity index (χ3v) is 21.6. The van der Waals surface area contributed by atoms with E-state index in [1.165, 1.54) is 17.8 Å². The van der Waals surface area contributed by atoms with Crippen LogP contribution in [0.3, 0.4) is 0 Å². The number of aliphatic hydroxyl groups excluding tert-OH is 2. The van der Waals surface area contributed by atoms with E-state index in [-0.39, 0.29) is 99.4 Å². The zero-order chi connectivity index (χ0) is 66.7. The number of phosphoric acid groups is 1. The summed E-state index contributed by atoms with van der Waals surface area (Å²) in [7, 11) is -5.32. The first-order chi connectivity index (χ1) is 41.8. The van der Waals surface area contributed by atoms with E-state index in [2.05, 4.69) is 10.3 Å². The van der Waals surface area contributed by atoms with Gasteiger partial charge >= 0.3 is 16.8 Å². The summed E-state index contributed by atoms with van der Waals surface area (Å²) >= 11 is 0. The molecule has 1 aromatic heterocycles. The van der Waals surface area contributed by atoms with Gasteiger partial charge in [-0.2, -0.15) is 5.70 Å². The molecular weight excluding hydrogens is 1260 g/mol. The molecule has 0 radical (unpaired) electrons. The summed E-state index contributed by atoms with van der Waals surface area (Å²) in [5.74, 6) is -7.40. The molecule has 0 spiro atoms. The largest absolute Gasteiger partial charge is 3.00 e. The second-order valence-electron chi connectivity index (χ2n) is 27.0. The number of allylic oxidation sites excluding steroid dienone is 6. The minimum absolute atomic E-state index is 0. The molecule has 7 amide bonds. The molecule has 2 saturated heterocycles. The van der Waals surface area contributed by atoms with Crippen molar-refractivity contribution in [1.29, 1.82) is 0 Å². The van der Waals surface area contributed by atoms with Crippen molar-refractivity contribution in [3.8, 4) is 0 Å². The van der Waals surface area contributed by atoms with Gasteiger partial charge in [-0.15, -0.1) is 0 Å². The van der Waals surface area contributed by atoms with E-state index in [1.807, 2.05) is 80.5 Å². The quantitative estimate of drug-likeness (QED) is 0.0611. The van der Waals surface area contributed by atoms with Crippen molar-refractivity contribution in [2.45, 2.75) is 189 Å². The van der Waals surface area contributed by atoms with E-state index < -0.39 is 143 Å². The van der Waals surface area contributed by atoms with E-state index in [4.69, 9.17) is 68.5 Å². The predicted molar refractivity (Wildman–Crippen MR) is 335 cm³/mol. The minimum atomic E-state index is -5.32. The molecule has 1 aromatic carbocycles. The molecule has 506 valence electrons. The number of amides is 7. The standard InChI is InChI=1S/C62H90N13O14P.Co.H2O/c1-29-20-39-40(21-30(29)2)75(28-70-39)57-52(84)53(41(27-76)87-57)89-90(85,86)88-31(3)26-69-49(83)18-19-59(8)37(22-46(66)80)56-62(11)61(10,25-48(68)82)36(14-17-45(65)79)51(74-62)33(5)55-60(9,24-47(67)81)34(12-15-43(63)77)38(71-55)23-42-58(6,7)35(13-16-44(64)78)50(72-42)32(4)54(59)73-56;;/h20-21,23,28,31,34-37,41,52-53,56-57,76,84H,12-19,22,24-27H2,1-11H3,(H15,63,64,65,66,67,68,69,71,72,73,74,77,78,79,80,81,82,83,85,86);;1H2/q;+3;/p-2/t31-,34-,35-,36-,37+,41-,52-,53-,56-,57-,59-,60+,61+,62+;;/m1../s1. The Kier molecular flexibility index (Phi) is 22.5. The van der Waals surface area contributed by atoms with E-state index in [1.54, 1.807) is 6.92 Å². The molecular formula is C62H90CoN13O15P+. The zero-order valence-electron chi connectivity index (χ0n) is 54.0. The topological polar surface area (TPSA) is 496 Å². The summed E-state index contributed by atoms with van der Waals surface area (Å²) in [4.78, 5) is 128. The number of primary amides is 6. The molecule has 1 unspecified atom stereocenters. The summed E-state index contributed by atoms with van der Waals surface area (Å²) in [6, 6.07) is 2.65. The maximum absolute atomic E-state index is 14.4. The van der Waals surface area contributed by atoms with Crippen LogP contribution in [0, 0.1) is 59.2 Å². The van der Waals surface area contributed by atoms with Gasteiger partial charge in [-0.3, -0.25) is 53.1 Å². The van der Waals surface area contributed by atoms with Gasteiger partial charge in [-0.25, -0.2) is 4.98 Å². The Balaban J connectivity index is 0.00000672. The average molecular weight is 1350 g/mol. The number of aryl methyl sites for hydroxylation is 2. The SMILES string of the molecule is C/C1=C2/[N-][C@H]([C@H](CC(N)=O)[C@@]2(C)CCC(=O)NC[C@@H](C)OP(=O)([O-])O[C@H]2[C@@H](O)[C@H](n3cnc4cc(C)c(C)cc43)O[C@@H]2CO)[C@]2(C)N=C(/C(C)=C3N=C(/C=C4N=C1[C@@H](CCC(N)=O)C\4(C)C)[C@@H](CCC(N)=O)[C@]\3(C)CC(N)=O)[C@@H](CCC(N)=O)[C@]2(C)CC(N)=O.O.[Co+3]. The van der Waals surface area contributed by atoms with Crippen LogP contribution in [0.4, 0.5) is 0 Å². The Morgan fingerprint density at radius 3 is 1.96 bits per heavy atom. The molecule has 6 aliphatic heterocycles. The number of nitrogens with zero attached hydrogens (tertiary/aromatic N) is 6. The van der Waals surface area contributed by atoms with Crippen LogP contribution in [0.25, 0.3) is 16.4 Å². The smallest absolute Gasteiger partial charge is 0.756 e. The molecule has 15 atom stereocenters. The summed E-state index contributed by atoms with van der Waals surface area (Å²) in [5.41, 5.74) is 36.7. The van der Waals surface area contributed by atoms with Crippen LogP contribution in [-0.2, 0) is 68.7 Å². The van der Waals surface area contributed by atoms with Gasteiger partial charge in [0.15, 0.2) is 6.23 Å². The number of nitrogens with one attached hydrogen (secondary N) is 1. The number of nitrogens with two attached hydrogens (primary N) is 6.